The summed E-state index contributed by atoms with van der Waals surface area (Å²) in [5.41, 5.74) is 5.40. The molecule has 0 aliphatic carbocycles. The normalized spacial score (nSPS) is 11.9. The number of rotatable bonds is 17. The molecular formula is C19H38N2O4. The van der Waals surface area contributed by atoms with Crippen LogP contribution < -0.4 is 11.1 Å². The molecule has 1 amide bonds. The Morgan fingerprint density at radius 2 is 1.48 bits per heavy atom. The Balaban J connectivity index is 3.24. The summed E-state index contributed by atoms with van der Waals surface area (Å²) in [6.07, 6.45) is 14.0. The Bertz CT molecular complexity index is 337. The fourth-order valence-electron chi connectivity index (χ4n) is 2.61. The molecule has 0 aromatic carbocycles. The molecule has 0 saturated carbocycles. The van der Waals surface area contributed by atoms with Gasteiger partial charge in [0, 0.05) is 6.54 Å². The second-order valence-electron chi connectivity index (χ2n) is 6.69. The molecule has 4 N–H and O–H groups in total. The zero-order chi connectivity index (χ0) is 18.8. The summed E-state index contributed by atoms with van der Waals surface area (Å²) in [6.45, 7) is 3.19. The van der Waals surface area contributed by atoms with Gasteiger partial charge in [-0.25, -0.2) is 4.79 Å². The van der Waals surface area contributed by atoms with E-state index in [0.29, 0.717) is 32.4 Å². The van der Waals surface area contributed by atoms with Gasteiger partial charge in [0.2, 0.25) is 0 Å². The van der Waals surface area contributed by atoms with E-state index in [9.17, 15) is 9.59 Å². The van der Waals surface area contributed by atoms with Crippen molar-refractivity contribution >= 4 is 12.1 Å². The van der Waals surface area contributed by atoms with Crippen molar-refractivity contribution in [3.63, 3.8) is 0 Å². The summed E-state index contributed by atoms with van der Waals surface area (Å²) in [4.78, 5) is 22.0. The van der Waals surface area contributed by atoms with E-state index in [1.54, 1.807) is 0 Å². The maximum absolute atomic E-state index is 11.5. The first-order chi connectivity index (χ1) is 12.1. The van der Waals surface area contributed by atoms with Crippen molar-refractivity contribution in [1.29, 1.82) is 0 Å². The van der Waals surface area contributed by atoms with Crippen LogP contribution in [0, 0.1) is 0 Å². The monoisotopic (exact) mass is 358 g/mol. The lowest BCUT2D eigenvalue weighted by Crippen LogP contribution is -2.30. The first-order valence-corrected chi connectivity index (χ1v) is 9.97. The van der Waals surface area contributed by atoms with Crippen LogP contribution in [0.1, 0.15) is 90.4 Å². The van der Waals surface area contributed by atoms with Gasteiger partial charge < -0.3 is 20.9 Å². The summed E-state index contributed by atoms with van der Waals surface area (Å²) in [6, 6.07) is -0.816. The standard InChI is InChI=1S/C19H38N2O4/c1-2-3-4-5-6-7-8-9-10-13-16-25-19(24)21-15-12-11-14-17(20)18(22)23/h17H,2-16,20H2,1H3,(H,21,24)(H,22,23)/t17-/m0/s1. The van der Waals surface area contributed by atoms with Crippen molar-refractivity contribution in [2.45, 2.75) is 96.4 Å². The predicted octanol–water partition coefficient (Wildman–Crippen LogP) is 4.22. The molecule has 148 valence electrons. The van der Waals surface area contributed by atoms with Crippen molar-refractivity contribution in [3.8, 4) is 0 Å². The first-order valence-electron chi connectivity index (χ1n) is 9.97. The number of amides is 1. The number of carbonyl (C=O) groups is 2. The number of ether oxygens (including phenoxy) is 1. The second-order valence-corrected chi connectivity index (χ2v) is 6.69. The molecule has 6 heteroatoms. The van der Waals surface area contributed by atoms with Crippen LogP contribution in [0.3, 0.4) is 0 Å². The Morgan fingerprint density at radius 1 is 0.920 bits per heavy atom. The Kier molecular flexibility index (Phi) is 16.6. The number of alkyl carbamates (subject to hydrolysis) is 1. The van der Waals surface area contributed by atoms with Gasteiger partial charge in [-0.1, -0.05) is 64.7 Å². The molecule has 0 heterocycles. The van der Waals surface area contributed by atoms with Gasteiger partial charge in [-0.2, -0.15) is 0 Å². The minimum Gasteiger partial charge on any atom is -0.480 e. The van der Waals surface area contributed by atoms with Crippen LogP contribution in [-0.4, -0.2) is 36.4 Å². The van der Waals surface area contributed by atoms with E-state index in [1.807, 2.05) is 0 Å². The average Bonchev–Trinajstić information content (AvgIpc) is 2.59. The second kappa shape index (κ2) is 17.5. The van der Waals surface area contributed by atoms with Gasteiger partial charge in [0.05, 0.1) is 6.61 Å². The van der Waals surface area contributed by atoms with Gasteiger partial charge in [-0.3, -0.25) is 4.79 Å². The molecule has 0 aromatic heterocycles. The van der Waals surface area contributed by atoms with Gasteiger partial charge in [0.25, 0.3) is 0 Å². The van der Waals surface area contributed by atoms with E-state index in [1.165, 1.54) is 51.4 Å². The number of carbonyl (C=O) groups excluding carboxylic acids is 1. The van der Waals surface area contributed by atoms with Crippen LogP contribution in [0.15, 0.2) is 0 Å². The number of aliphatic carboxylic acids is 1. The molecule has 0 rings (SSSR count). The SMILES string of the molecule is CCCCCCCCCCCCOC(=O)NCCCC[C@H](N)C(=O)O. The summed E-state index contributed by atoms with van der Waals surface area (Å²) < 4.78 is 5.11. The van der Waals surface area contributed by atoms with Crippen LogP contribution >= 0.6 is 0 Å². The zero-order valence-electron chi connectivity index (χ0n) is 15.9. The van der Waals surface area contributed by atoms with Gasteiger partial charge in [0.15, 0.2) is 0 Å². The third-order valence-corrected chi connectivity index (χ3v) is 4.26. The number of carboxylic acids is 1. The van der Waals surface area contributed by atoms with Gasteiger partial charge >= 0.3 is 12.1 Å². The quantitative estimate of drug-likeness (QED) is 0.338. The van der Waals surface area contributed by atoms with Crippen molar-refractivity contribution in [2.75, 3.05) is 13.2 Å². The van der Waals surface area contributed by atoms with E-state index in [2.05, 4.69) is 12.2 Å². The highest BCUT2D eigenvalue weighted by Crippen LogP contribution is 2.10. The van der Waals surface area contributed by atoms with E-state index < -0.39 is 18.1 Å². The van der Waals surface area contributed by atoms with Gasteiger partial charge in [-0.15, -0.1) is 0 Å². The Labute approximate surface area is 152 Å². The van der Waals surface area contributed by atoms with Crippen molar-refractivity contribution in [2.24, 2.45) is 5.73 Å². The van der Waals surface area contributed by atoms with E-state index >= 15 is 0 Å². The van der Waals surface area contributed by atoms with Crippen LogP contribution in [0.4, 0.5) is 4.79 Å². The minimum atomic E-state index is -0.983. The number of carboxylic acid groups (broad SMARTS) is 1. The summed E-state index contributed by atoms with van der Waals surface area (Å²) in [5, 5.41) is 11.3. The van der Waals surface area contributed by atoms with Crippen LogP contribution in [0.25, 0.3) is 0 Å². The largest absolute Gasteiger partial charge is 0.480 e. The number of unbranched alkanes of at least 4 members (excludes halogenated alkanes) is 10. The van der Waals surface area contributed by atoms with Crippen molar-refractivity contribution < 1.29 is 19.4 Å². The molecule has 0 fully saturated rings. The van der Waals surface area contributed by atoms with Gasteiger partial charge in [-0.05, 0) is 25.7 Å². The fourth-order valence-corrected chi connectivity index (χ4v) is 2.61. The van der Waals surface area contributed by atoms with Crippen molar-refractivity contribution in [1.82, 2.24) is 5.32 Å². The molecule has 6 nitrogen and oxygen atoms in total. The van der Waals surface area contributed by atoms with E-state index in [0.717, 1.165) is 12.8 Å². The number of nitrogens with two attached hydrogens (primary N) is 1. The topological polar surface area (TPSA) is 102 Å². The van der Waals surface area contributed by atoms with E-state index in [4.69, 9.17) is 15.6 Å². The maximum atomic E-state index is 11.5. The lowest BCUT2D eigenvalue weighted by molar-refractivity contribution is -0.138. The summed E-state index contributed by atoms with van der Waals surface area (Å²) in [5.74, 6) is -0.983. The Hall–Kier alpha value is -1.30. The third-order valence-electron chi connectivity index (χ3n) is 4.26. The molecule has 0 bridgehead atoms. The fraction of sp³-hybridized carbons (Fsp3) is 0.895. The lowest BCUT2D eigenvalue weighted by atomic mass is 10.1. The van der Waals surface area contributed by atoms with Crippen LogP contribution in [0.5, 0.6) is 0 Å². The Morgan fingerprint density at radius 3 is 2.04 bits per heavy atom. The molecule has 0 radical (unpaired) electrons. The first kappa shape index (κ1) is 23.7. The molecule has 0 spiro atoms. The third kappa shape index (κ3) is 17.3. The molecular weight excluding hydrogens is 320 g/mol. The average molecular weight is 359 g/mol. The highest BCUT2D eigenvalue weighted by atomic mass is 16.5. The van der Waals surface area contributed by atoms with Crippen LogP contribution in [0.2, 0.25) is 0 Å². The van der Waals surface area contributed by atoms with Gasteiger partial charge in [0.1, 0.15) is 6.04 Å². The summed E-state index contributed by atoms with van der Waals surface area (Å²) >= 11 is 0. The number of hydrogen-bond donors (Lipinski definition) is 3. The molecule has 25 heavy (non-hydrogen) atoms. The predicted molar refractivity (Wildman–Crippen MR) is 101 cm³/mol. The number of hydrogen-bond acceptors (Lipinski definition) is 4. The van der Waals surface area contributed by atoms with Crippen molar-refractivity contribution in [3.05, 3.63) is 0 Å². The highest BCUT2D eigenvalue weighted by Gasteiger charge is 2.10. The maximum Gasteiger partial charge on any atom is 0.407 e. The molecule has 0 saturated heterocycles. The molecule has 0 aliphatic rings. The lowest BCUT2D eigenvalue weighted by Gasteiger charge is -2.08. The highest BCUT2D eigenvalue weighted by molar-refractivity contribution is 5.72. The molecule has 0 aromatic rings. The molecule has 0 unspecified atom stereocenters. The van der Waals surface area contributed by atoms with Crippen LogP contribution in [-0.2, 0) is 9.53 Å². The zero-order valence-corrected chi connectivity index (χ0v) is 15.9. The minimum absolute atomic E-state index is 0.390. The van der Waals surface area contributed by atoms with E-state index in [-0.39, 0.29) is 0 Å². The molecule has 0 aliphatic heterocycles. The smallest absolute Gasteiger partial charge is 0.407 e. The number of nitrogens with one attached hydrogen (secondary N) is 1. The molecule has 1 atom stereocenters. The summed E-state index contributed by atoms with van der Waals surface area (Å²) in [7, 11) is 0.